The van der Waals surface area contributed by atoms with E-state index in [1.807, 2.05) is 0 Å². The van der Waals surface area contributed by atoms with E-state index in [4.69, 9.17) is 10.2 Å². The van der Waals surface area contributed by atoms with Crippen molar-refractivity contribution in [3.63, 3.8) is 0 Å². The zero-order valence-electron chi connectivity index (χ0n) is 10.0. The Morgan fingerprint density at radius 2 is 2.16 bits per heavy atom. The molecule has 0 fully saturated rings. The van der Waals surface area contributed by atoms with Crippen LogP contribution in [-0.2, 0) is 4.74 Å². The first-order valence-electron chi connectivity index (χ1n) is 5.42. The molecule has 4 nitrogen and oxygen atoms in total. The summed E-state index contributed by atoms with van der Waals surface area (Å²) in [5.74, 6) is -0.740. The van der Waals surface area contributed by atoms with Crippen LogP contribution in [0.5, 0.6) is 0 Å². The van der Waals surface area contributed by atoms with E-state index < -0.39 is 17.8 Å². The average Bonchev–Trinajstić information content (AvgIpc) is 2.87. The number of hydrogen-bond donors (Lipinski definition) is 1. The van der Waals surface area contributed by atoms with Crippen molar-refractivity contribution in [1.82, 2.24) is 0 Å². The molecule has 1 atom stereocenters. The smallest absolute Gasteiger partial charge is 0.373 e. The Morgan fingerprint density at radius 3 is 2.79 bits per heavy atom. The minimum absolute atomic E-state index is 0.0282. The molecule has 0 spiro atoms. The molecule has 0 saturated heterocycles. The van der Waals surface area contributed by atoms with Gasteiger partial charge in [-0.25, -0.2) is 9.18 Å². The molecule has 0 radical (unpaired) electrons. The Balaban J connectivity index is 2.36. The predicted octanol–water partition coefficient (Wildman–Crippen LogP) is 3.02. The molecule has 0 aliphatic carbocycles. The number of carbonyl (C=O) groups excluding carboxylic acids is 1. The number of furan rings is 1. The Bertz CT molecular complexity index is 591. The lowest BCUT2D eigenvalue weighted by Crippen LogP contribution is -2.13. The predicted molar refractivity (Wildman–Crippen MR) is 70.2 cm³/mol. The number of rotatable bonds is 3. The monoisotopic (exact) mass is 327 g/mol. The van der Waals surface area contributed by atoms with Gasteiger partial charge in [-0.3, -0.25) is 0 Å². The summed E-state index contributed by atoms with van der Waals surface area (Å²) in [6, 6.07) is 6.71. The van der Waals surface area contributed by atoms with E-state index in [0.29, 0.717) is 4.47 Å². The number of methoxy groups -OCH3 is 1. The fourth-order valence-electron chi connectivity index (χ4n) is 1.68. The van der Waals surface area contributed by atoms with Crippen molar-refractivity contribution in [3.8, 4) is 0 Å². The highest BCUT2D eigenvalue weighted by Gasteiger charge is 2.21. The van der Waals surface area contributed by atoms with Crippen molar-refractivity contribution in [3.05, 3.63) is 57.7 Å². The molecule has 2 aromatic rings. The standard InChI is InChI=1S/C13H11BrFNO3/c1-18-13(17)10-6-5-9(19-10)12(16)11-7(14)3-2-4-8(11)15/h2-6,12H,16H2,1H3. The molecule has 0 bridgehead atoms. The topological polar surface area (TPSA) is 65.5 Å². The SMILES string of the molecule is COC(=O)c1ccc(C(N)c2c(F)cccc2Br)o1. The van der Waals surface area contributed by atoms with E-state index in [0.717, 1.165) is 0 Å². The molecule has 1 aromatic heterocycles. The third-order valence-corrected chi connectivity index (χ3v) is 3.32. The average molecular weight is 328 g/mol. The van der Waals surface area contributed by atoms with Crippen molar-refractivity contribution in [2.24, 2.45) is 5.73 Å². The fraction of sp³-hybridized carbons (Fsp3) is 0.154. The highest BCUT2D eigenvalue weighted by molar-refractivity contribution is 9.10. The Labute approximate surface area is 117 Å². The van der Waals surface area contributed by atoms with Gasteiger partial charge in [-0.1, -0.05) is 22.0 Å². The highest BCUT2D eigenvalue weighted by Crippen LogP contribution is 2.30. The normalized spacial score (nSPS) is 12.2. The van der Waals surface area contributed by atoms with E-state index in [1.165, 1.54) is 25.3 Å². The second-order valence-electron chi connectivity index (χ2n) is 3.81. The molecule has 6 heteroatoms. The van der Waals surface area contributed by atoms with Gasteiger partial charge in [-0.05, 0) is 24.3 Å². The maximum atomic E-state index is 13.8. The summed E-state index contributed by atoms with van der Waals surface area (Å²) >= 11 is 3.24. The van der Waals surface area contributed by atoms with Crippen LogP contribution >= 0.6 is 15.9 Å². The largest absolute Gasteiger partial charge is 0.463 e. The summed E-state index contributed by atoms with van der Waals surface area (Å²) < 4.78 is 24.1. The number of esters is 1. The first-order valence-corrected chi connectivity index (χ1v) is 6.21. The van der Waals surface area contributed by atoms with E-state index in [1.54, 1.807) is 12.1 Å². The van der Waals surface area contributed by atoms with Gasteiger partial charge in [-0.15, -0.1) is 0 Å². The highest BCUT2D eigenvalue weighted by atomic mass is 79.9. The second-order valence-corrected chi connectivity index (χ2v) is 4.66. The minimum Gasteiger partial charge on any atom is -0.463 e. The van der Waals surface area contributed by atoms with Gasteiger partial charge in [0.05, 0.1) is 13.2 Å². The lowest BCUT2D eigenvalue weighted by Gasteiger charge is -2.12. The zero-order valence-corrected chi connectivity index (χ0v) is 11.6. The minimum atomic E-state index is -0.811. The lowest BCUT2D eigenvalue weighted by molar-refractivity contribution is 0.0562. The third-order valence-electron chi connectivity index (χ3n) is 2.63. The summed E-state index contributed by atoms with van der Waals surface area (Å²) in [4.78, 5) is 11.3. The number of nitrogens with two attached hydrogens (primary N) is 1. The van der Waals surface area contributed by atoms with Gasteiger partial charge in [0, 0.05) is 10.0 Å². The summed E-state index contributed by atoms with van der Waals surface area (Å²) in [6.07, 6.45) is 0. The van der Waals surface area contributed by atoms with Crippen LogP contribution < -0.4 is 5.73 Å². The van der Waals surface area contributed by atoms with Gasteiger partial charge in [-0.2, -0.15) is 0 Å². The fourth-order valence-corrected chi connectivity index (χ4v) is 2.27. The Hall–Kier alpha value is -1.66. The molecule has 0 aliphatic rings. The molecule has 19 heavy (non-hydrogen) atoms. The maximum Gasteiger partial charge on any atom is 0.373 e. The van der Waals surface area contributed by atoms with Gasteiger partial charge in [0.2, 0.25) is 5.76 Å². The molecule has 1 aromatic carbocycles. The Kier molecular flexibility index (Phi) is 4.01. The number of hydrogen-bond acceptors (Lipinski definition) is 4. The molecule has 100 valence electrons. The summed E-state index contributed by atoms with van der Waals surface area (Å²) in [5, 5.41) is 0. The van der Waals surface area contributed by atoms with Gasteiger partial charge < -0.3 is 14.9 Å². The van der Waals surface area contributed by atoms with Gasteiger partial charge in [0.1, 0.15) is 11.6 Å². The van der Waals surface area contributed by atoms with E-state index in [2.05, 4.69) is 20.7 Å². The van der Waals surface area contributed by atoms with Crippen LogP contribution in [0.15, 0.2) is 39.2 Å². The van der Waals surface area contributed by atoms with Gasteiger partial charge in [0.15, 0.2) is 0 Å². The quantitative estimate of drug-likeness (QED) is 0.880. The Morgan fingerprint density at radius 1 is 1.42 bits per heavy atom. The number of halogens is 2. The number of benzene rings is 1. The molecule has 1 heterocycles. The van der Waals surface area contributed by atoms with Crippen LogP contribution in [0, 0.1) is 5.82 Å². The maximum absolute atomic E-state index is 13.8. The van der Waals surface area contributed by atoms with Crippen LogP contribution in [-0.4, -0.2) is 13.1 Å². The second kappa shape index (κ2) is 5.54. The van der Waals surface area contributed by atoms with Crippen molar-refractivity contribution < 1.29 is 18.3 Å². The summed E-state index contributed by atoms with van der Waals surface area (Å²) in [5.41, 5.74) is 6.23. The van der Waals surface area contributed by atoms with E-state index in [9.17, 15) is 9.18 Å². The molecule has 0 saturated carbocycles. The first-order chi connectivity index (χ1) is 9.04. The molecule has 0 amide bonds. The van der Waals surface area contributed by atoms with Crippen molar-refractivity contribution >= 4 is 21.9 Å². The van der Waals surface area contributed by atoms with Crippen LogP contribution in [0.1, 0.15) is 27.9 Å². The molecule has 2 N–H and O–H groups in total. The molecule has 1 unspecified atom stereocenters. The number of carbonyl (C=O) groups is 1. The molecule has 2 rings (SSSR count). The number of ether oxygens (including phenoxy) is 1. The van der Waals surface area contributed by atoms with E-state index in [-0.39, 0.29) is 17.1 Å². The van der Waals surface area contributed by atoms with Crippen LogP contribution in [0.25, 0.3) is 0 Å². The van der Waals surface area contributed by atoms with E-state index >= 15 is 0 Å². The van der Waals surface area contributed by atoms with Crippen LogP contribution in [0.3, 0.4) is 0 Å². The molecular weight excluding hydrogens is 317 g/mol. The van der Waals surface area contributed by atoms with Crippen molar-refractivity contribution in [2.75, 3.05) is 7.11 Å². The van der Waals surface area contributed by atoms with Crippen molar-refractivity contribution in [2.45, 2.75) is 6.04 Å². The zero-order chi connectivity index (χ0) is 14.0. The van der Waals surface area contributed by atoms with Crippen molar-refractivity contribution in [1.29, 1.82) is 0 Å². The summed E-state index contributed by atoms with van der Waals surface area (Å²) in [6.45, 7) is 0. The van der Waals surface area contributed by atoms with Crippen LogP contribution in [0.2, 0.25) is 0 Å². The summed E-state index contributed by atoms with van der Waals surface area (Å²) in [7, 11) is 1.25. The first kappa shape index (κ1) is 13.8. The van der Waals surface area contributed by atoms with Gasteiger partial charge >= 0.3 is 5.97 Å². The molecule has 0 aliphatic heterocycles. The van der Waals surface area contributed by atoms with Crippen LogP contribution in [0.4, 0.5) is 4.39 Å². The molecular formula is C13H11BrFNO3. The lowest BCUT2D eigenvalue weighted by atomic mass is 10.1. The van der Waals surface area contributed by atoms with Gasteiger partial charge in [0.25, 0.3) is 0 Å². The third kappa shape index (κ3) is 2.69.